The van der Waals surface area contributed by atoms with Crippen LogP contribution in [0, 0.1) is 6.92 Å². The van der Waals surface area contributed by atoms with Crippen LogP contribution in [0.5, 0.6) is 0 Å². The van der Waals surface area contributed by atoms with Crippen molar-refractivity contribution < 1.29 is 14.3 Å². The van der Waals surface area contributed by atoms with E-state index in [1.54, 1.807) is 18.4 Å². The standard InChI is InChI=1S/C14H14O3/c1-10-4-6-11(7-5-10)13(14(15)16)9-12-3-2-8-17-12/h2-8,13H,9H2,1H3,(H,15,16)/t13-/m1/s1. The first kappa shape index (κ1) is 11.5. The second-order valence-electron chi connectivity index (χ2n) is 4.08. The smallest absolute Gasteiger partial charge is 0.311 e. The zero-order chi connectivity index (χ0) is 12.3. The van der Waals surface area contributed by atoms with Crippen LogP contribution in [0.2, 0.25) is 0 Å². The molecule has 0 bridgehead atoms. The van der Waals surface area contributed by atoms with E-state index >= 15 is 0 Å². The van der Waals surface area contributed by atoms with Gasteiger partial charge in [0.1, 0.15) is 5.76 Å². The van der Waals surface area contributed by atoms with Crippen molar-refractivity contribution in [1.82, 2.24) is 0 Å². The predicted octanol–water partition coefficient (Wildman–Crippen LogP) is 3.00. The lowest BCUT2D eigenvalue weighted by molar-refractivity contribution is -0.138. The number of benzene rings is 1. The molecule has 88 valence electrons. The van der Waals surface area contributed by atoms with Crippen LogP contribution in [0.25, 0.3) is 0 Å². The summed E-state index contributed by atoms with van der Waals surface area (Å²) in [5.74, 6) is -0.690. The van der Waals surface area contributed by atoms with Gasteiger partial charge in [0, 0.05) is 6.42 Å². The van der Waals surface area contributed by atoms with E-state index in [0.717, 1.165) is 11.1 Å². The molecule has 0 spiro atoms. The van der Waals surface area contributed by atoms with Gasteiger partial charge < -0.3 is 9.52 Å². The van der Waals surface area contributed by atoms with Crippen LogP contribution in [-0.4, -0.2) is 11.1 Å². The van der Waals surface area contributed by atoms with Crippen LogP contribution in [0.3, 0.4) is 0 Å². The van der Waals surface area contributed by atoms with E-state index in [2.05, 4.69) is 0 Å². The van der Waals surface area contributed by atoms with Gasteiger partial charge in [0.25, 0.3) is 0 Å². The Balaban J connectivity index is 2.23. The molecule has 0 aliphatic carbocycles. The molecule has 0 unspecified atom stereocenters. The Kier molecular flexibility index (Phi) is 3.28. The fourth-order valence-electron chi connectivity index (χ4n) is 1.78. The van der Waals surface area contributed by atoms with Gasteiger partial charge in [0.2, 0.25) is 0 Å². The molecule has 0 saturated heterocycles. The number of rotatable bonds is 4. The molecule has 0 radical (unpaired) electrons. The van der Waals surface area contributed by atoms with Crippen molar-refractivity contribution in [1.29, 1.82) is 0 Å². The highest BCUT2D eigenvalue weighted by molar-refractivity contribution is 5.76. The molecule has 3 nitrogen and oxygen atoms in total. The van der Waals surface area contributed by atoms with E-state index in [1.807, 2.05) is 31.2 Å². The highest BCUT2D eigenvalue weighted by Crippen LogP contribution is 2.22. The molecule has 3 heteroatoms. The number of carboxylic acids is 1. The van der Waals surface area contributed by atoms with Crippen molar-refractivity contribution in [3.63, 3.8) is 0 Å². The summed E-state index contributed by atoms with van der Waals surface area (Å²) in [6.07, 6.45) is 1.94. The number of carboxylic acid groups (broad SMARTS) is 1. The van der Waals surface area contributed by atoms with Crippen molar-refractivity contribution in [3.05, 3.63) is 59.5 Å². The van der Waals surface area contributed by atoms with Gasteiger partial charge in [-0.25, -0.2) is 0 Å². The van der Waals surface area contributed by atoms with Gasteiger partial charge in [-0.2, -0.15) is 0 Å². The SMILES string of the molecule is Cc1ccc([C@@H](Cc2ccco2)C(=O)O)cc1. The summed E-state index contributed by atoms with van der Waals surface area (Å²) < 4.78 is 5.20. The molecular weight excluding hydrogens is 216 g/mol. The maximum Gasteiger partial charge on any atom is 0.311 e. The molecule has 0 aliphatic heterocycles. The van der Waals surface area contributed by atoms with E-state index in [4.69, 9.17) is 4.42 Å². The number of hydrogen-bond donors (Lipinski definition) is 1. The lowest BCUT2D eigenvalue weighted by Crippen LogP contribution is -2.14. The fraction of sp³-hybridized carbons (Fsp3) is 0.214. The van der Waals surface area contributed by atoms with Crippen molar-refractivity contribution in [2.45, 2.75) is 19.3 Å². The van der Waals surface area contributed by atoms with Gasteiger partial charge in [-0.05, 0) is 24.6 Å². The fourth-order valence-corrected chi connectivity index (χ4v) is 1.78. The Morgan fingerprint density at radius 2 is 2.00 bits per heavy atom. The van der Waals surface area contributed by atoms with Gasteiger partial charge in [-0.3, -0.25) is 4.79 Å². The topological polar surface area (TPSA) is 50.4 Å². The monoisotopic (exact) mass is 230 g/mol. The third-order valence-electron chi connectivity index (χ3n) is 2.76. The molecule has 0 amide bonds. The minimum atomic E-state index is -0.828. The Bertz CT molecular complexity index is 483. The highest BCUT2D eigenvalue weighted by Gasteiger charge is 2.21. The molecule has 2 rings (SSSR count). The second kappa shape index (κ2) is 4.87. The van der Waals surface area contributed by atoms with Crippen LogP contribution in [0.1, 0.15) is 22.8 Å². The summed E-state index contributed by atoms with van der Waals surface area (Å²) in [6, 6.07) is 11.1. The molecule has 1 atom stereocenters. The van der Waals surface area contributed by atoms with Crippen LogP contribution in [0.4, 0.5) is 0 Å². The minimum Gasteiger partial charge on any atom is -0.481 e. The Labute approximate surface area is 99.7 Å². The van der Waals surface area contributed by atoms with Gasteiger partial charge >= 0.3 is 5.97 Å². The van der Waals surface area contributed by atoms with E-state index in [9.17, 15) is 9.90 Å². The quantitative estimate of drug-likeness (QED) is 0.878. The predicted molar refractivity (Wildman–Crippen MR) is 64.0 cm³/mol. The van der Waals surface area contributed by atoms with E-state index in [1.165, 1.54) is 0 Å². The highest BCUT2D eigenvalue weighted by atomic mass is 16.4. The van der Waals surface area contributed by atoms with Crippen molar-refractivity contribution in [3.8, 4) is 0 Å². The summed E-state index contributed by atoms with van der Waals surface area (Å²) in [6.45, 7) is 1.98. The maximum atomic E-state index is 11.3. The average Bonchev–Trinajstić information content (AvgIpc) is 2.80. The average molecular weight is 230 g/mol. The first-order chi connectivity index (χ1) is 8.16. The normalized spacial score (nSPS) is 12.3. The molecular formula is C14H14O3. The number of furan rings is 1. The summed E-state index contributed by atoms with van der Waals surface area (Å²) in [7, 11) is 0. The third kappa shape index (κ3) is 2.75. The van der Waals surface area contributed by atoms with Gasteiger partial charge in [0.05, 0.1) is 12.2 Å². The summed E-state index contributed by atoms with van der Waals surface area (Å²) in [5, 5.41) is 9.25. The molecule has 1 aromatic carbocycles. The van der Waals surface area contributed by atoms with Gasteiger partial charge in [0.15, 0.2) is 0 Å². The summed E-state index contributed by atoms with van der Waals surface area (Å²) >= 11 is 0. The van der Waals surface area contributed by atoms with E-state index in [0.29, 0.717) is 12.2 Å². The van der Waals surface area contributed by atoms with Crippen LogP contribution < -0.4 is 0 Å². The van der Waals surface area contributed by atoms with Crippen molar-refractivity contribution >= 4 is 5.97 Å². The van der Waals surface area contributed by atoms with E-state index < -0.39 is 11.9 Å². The largest absolute Gasteiger partial charge is 0.481 e. The molecule has 1 N–H and O–H groups in total. The molecule has 1 heterocycles. The zero-order valence-electron chi connectivity index (χ0n) is 9.59. The molecule has 17 heavy (non-hydrogen) atoms. The van der Waals surface area contributed by atoms with Crippen molar-refractivity contribution in [2.75, 3.05) is 0 Å². The molecule has 0 fully saturated rings. The molecule has 0 saturated carbocycles. The van der Waals surface area contributed by atoms with Crippen LogP contribution >= 0.6 is 0 Å². The lowest BCUT2D eigenvalue weighted by Gasteiger charge is -2.11. The zero-order valence-corrected chi connectivity index (χ0v) is 9.59. The second-order valence-corrected chi connectivity index (χ2v) is 4.08. The van der Waals surface area contributed by atoms with E-state index in [-0.39, 0.29) is 0 Å². The Morgan fingerprint density at radius 3 is 2.53 bits per heavy atom. The molecule has 1 aromatic heterocycles. The van der Waals surface area contributed by atoms with Gasteiger partial charge in [-0.1, -0.05) is 29.8 Å². The Morgan fingerprint density at radius 1 is 1.29 bits per heavy atom. The molecule has 2 aromatic rings. The summed E-state index contributed by atoms with van der Waals surface area (Å²) in [5.41, 5.74) is 1.93. The van der Waals surface area contributed by atoms with Gasteiger partial charge in [-0.15, -0.1) is 0 Å². The third-order valence-corrected chi connectivity index (χ3v) is 2.76. The number of carbonyl (C=O) groups is 1. The molecule has 0 aliphatic rings. The number of hydrogen-bond acceptors (Lipinski definition) is 2. The first-order valence-corrected chi connectivity index (χ1v) is 5.48. The lowest BCUT2D eigenvalue weighted by atomic mass is 9.94. The minimum absolute atomic E-state index is 0.380. The number of aryl methyl sites for hydroxylation is 1. The van der Waals surface area contributed by atoms with Crippen molar-refractivity contribution in [2.24, 2.45) is 0 Å². The summed E-state index contributed by atoms with van der Waals surface area (Å²) in [4.78, 5) is 11.3. The number of aliphatic carboxylic acids is 1. The Hall–Kier alpha value is -2.03. The maximum absolute atomic E-state index is 11.3. The first-order valence-electron chi connectivity index (χ1n) is 5.48. The van der Waals surface area contributed by atoms with Crippen LogP contribution in [-0.2, 0) is 11.2 Å². The van der Waals surface area contributed by atoms with Crippen LogP contribution in [0.15, 0.2) is 47.1 Å².